The number of amides is 2. The van der Waals surface area contributed by atoms with Crippen LogP contribution in [0.15, 0.2) is 29.7 Å². The molecule has 2 amide bonds. The predicted octanol–water partition coefficient (Wildman–Crippen LogP) is 3.28. The third-order valence-electron chi connectivity index (χ3n) is 2.76. The normalized spacial score (nSPS) is 16.7. The average Bonchev–Trinajstić information content (AvgIpc) is 2.70. The molecular weight excluding hydrogens is 314 g/mol. The van der Waals surface area contributed by atoms with E-state index in [4.69, 9.17) is 16.3 Å². The van der Waals surface area contributed by atoms with Gasteiger partial charge >= 0.3 is 0 Å². The van der Waals surface area contributed by atoms with Gasteiger partial charge < -0.3 is 9.84 Å². The lowest BCUT2D eigenvalue weighted by atomic mass is 10.1. The van der Waals surface area contributed by atoms with Crippen LogP contribution in [0.1, 0.15) is 5.56 Å². The number of ether oxygens (including phenoxy) is 1. The maximum atomic E-state index is 12.1. The Morgan fingerprint density at radius 3 is 2.81 bits per heavy atom. The smallest absolute Gasteiger partial charge is 0.293 e. The number of hydrogen-bond acceptors (Lipinski definition) is 5. The van der Waals surface area contributed by atoms with Crippen molar-refractivity contribution in [3.05, 3.63) is 40.3 Å². The molecule has 0 bridgehead atoms. The summed E-state index contributed by atoms with van der Waals surface area (Å²) in [4.78, 5) is 25.1. The molecule has 0 spiro atoms. The van der Waals surface area contributed by atoms with Crippen molar-refractivity contribution in [1.29, 1.82) is 0 Å². The molecule has 5 nitrogen and oxygen atoms in total. The molecule has 1 aliphatic rings. The van der Waals surface area contributed by atoms with Crippen molar-refractivity contribution in [2.24, 2.45) is 0 Å². The third kappa shape index (κ3) is 3.06. The van der Waals surface area contributed by atoms with Gasteiger partial charge in [-0.15, -0.1) is 6.58 Å². The van der Waals surface area contributed by atoms with Crippen molar-refractivity contribution in [3.63, 3.8) is 0 Å². The summed E-state index contributed by atoms with van der Waals surface area (Å²) in [6.07, 6.45) is 2.89. The van der Waals surface area contributed by atoms with E-state index in [0.717, 1.165) is 16.7 Å². The average molecular weight is 326 g/mol. The Balaban J connectivity index is 2.41. The van der Waals surface area contributed by atoms with Crippen molar-refractivity contribution in [2.75, 3.05) is 13.7 Å². The van der Waals surface area contributed by atoms with E-state index in [0.29, 0.717) is 10.6 Å². The Labute approximate surface area is 130 Å². The van der Waals surface area contributed by atoms with E-state index in [2.05, 4.69) is 6.58 Å². The van der Waals surface area contributed by atoms with Gasteiger partial charge in [-0.2, -0.15) is 0 Å². The van der Waals surface area contributed by atoms with Crippen LogP contribution in [0.25, 0.3) is 6.08 Å². The zero-order valence-electron chi connectivity index (χ0n) is 11.1. The Kier molecular flexibility index (Phi) is 4.59. The predicted molar refractivity (Wildman–Crippen MR) is 82.5 cm³/mol. The highest BCUT2D eigenvalue weighted by molar-refractivity contribution is 8.18. The molecule has 0 saturated carbocycles. The molecule has 7 heteroatoms. The van der Waals surface area contributed by atoms with Gasteiger partial charge in [0.25, 0.3) is 11.1 Å². The first-order valence-corrected chi connectivity index (χ1v) is 7.10. The first-order chi connectivity index (χ1) is 9.97. The number of rotatable bonds is 4. The highest BCUT2D eigenvalue weighted by atomic mass is 35.5. The van der Waals surface area contributed by atoms with Crippen LogP contribution in [0.5, 0.6) is 11.5 Å². The fourth-order valence-corrected chi connectivity index (χ4v) is 2.84. The number of imide groups is 1. The van der Waals surface area contributed by atoms with Gasteiger partial charge in [-0.1, -0.05) is 17.7 Å². The molecule has 0 aliphatic carbocycles. The minimum Gasteiger partial charge on any atom is -0.504 e. The van der Waals surface area contributed by atoms with Gasteiger partial charge in [-0.3, -0.25) is 14.5 Å². The maximum absolute atomic E-state index is 12.1. The standard InChI is InChI=1S/C14H12ClNO4S/c1-3-4-16-13(18)11(21-14(16)19)6-8-5-9(15)7-10(20-2)12(8)17/h3,5-7,17H,1,4H2,2H3/b11-6-. The van der Waals surface area contributed by atoms with Gasteiger partial charge in [0, 0.05) is 23.2 Å². The first kappa shape index (κ1) is 15.5. The quantitative estimate of drug-likeness (QED) is 0.679. The zero-order chi connectivity index (χ0) is 15.6. The molecule has 1 fully saturated rings. The second-order valence-electron chi connectivity index (χ2n) is 4.13. The Morgan fingerprint density at radius 1 is 1.48 bits per heavy atom. The van der Waals surface area contributed by atoms with Gasteiger partial charge in [-0.25, -0.2) is 0 Å². The van der Waals surface area contributed by atoms with Crippen LogP contribution < -0.4 is 4.74 Å². The van der Waals surface area contributed by atoms with E-state index < -0.39 is 5.91 Å². The summed E-state index contributed by atoms with van der Waals surface area (Å²) in [5.74, 6) is -0.375. The Bertz CT molecular complexity index is 657. The number of thioether (sulfide) groups is 1. The Morgan fingerprint density at radius 2 is 2.19 bits per heavy atom. The maximum Gasteiger partial charge on any atom is 0.293 e. The number of nitrogens with zero attached hydrogens (tertiary/aromatic N) is 1. The van der Waals surface area contributed by atoms with E-state index in [-0.39, 0.29) is 28.2 Å². The summed E-state index contributed by atoms with van der Waals surface area (Å²) >= 11 is 6.73. The number of phenolic OH excluding ortho intramolecular Hbond substituents is 1. The number of carbonyl (C=O) groups excluding carboxylic acids is 2. The summed E-state index contributed by atoms with van der Waals surface area (Å²) < 4.78 is 4.99. The highest BCUT2D eigenvalue weighted by Crippen LogP contribution is 2.38. The molecule has 110 valence electrons. The number of halogens is 1. The van der Waals surface area contributed by atoms with Crippen molar-refractivity contribution < 1.29 is 19.4 Å². The molecule has 1 N–H and O–H groups in total. The summed E-state index contributed by atoms with van der Waals surface area (Å²) in [5.41, 5.74) is 0.309. The molecule has 2 rings (SSSR count). The van der Waals surface area contributed by atoms with Crippen molar-refractivity contribution in [2.45, 2.75) is 0 Å². The van der Waals surface area contributed by atoms with E-state index in [1.165, 1.54) is 31.4 Å². The largest absolute Gasteiger partial charge is 0.504 e. The van der Waals surface area contributed by atoms with Crippen LogP contribution in [0, 0.1) is 0 Å². The number of hydrogen-bond donors (Lipinski definition) is 1. The molecule has 1 saturated heterocycles. The fraction of sp³-hybridized carbons (Fsp3) is 0.143. The number of methoxy groups -OCH3 is 1. The molecule has 0 aromatic heterocycles. The second-order valence-corrected chi connectivity index (χ2v) is 5.56. The van der Waals surface area contributed by atoms with E-state index >= 15 is 0 Å². The minimum atomic E-state index is -0.428. The molecule has 0 radical (unpaired) electrons. The summed E-state index contributed by atoms with van der Waals surface area (Å²) in [6.45, 7) is 3.65. The number of aromatic hydroxyl groups is 1. The second kappa shape index (κ2) is 6.24. The molecule has 21 heavy (non-hydrogen) atoms. The fourth-order valence-electron chi connectivity index (χ4n) is 1.79. The van der Waals surface area contributed by atoms with Crippen molar-refractivity contribution >= 4 is 40.6 Å². The van der Waals surface area contributed by atoms with Gasteiger partial charge in [-0.05, 0) is 23.9 Å². The van der Waals surface area contributed by atoms with Crippen LogP contribution in [-0.4, -0.2) is 34.8 Å². The highest BCUT2D eigenvalue weighted by Gasteiger charge is 2.34. The monoisotopic (exact) mass is 325 g/mol. The molecule has 1 aromatic carbocycles. The first-order valence-electron chi connectivity index (χ1n) is 5.90. The molecule has 0 unspecified atom stereocenters. The van der Waals surface area contributed by atoms with E-state index in [1.807, 2.05) is 0 Å². The van der Waals surface area contributed by atoms with E-state index in [1.54, 1.807) is 0 Å². The van der Waals surface area contributed by atoms with Gasteiger partial charge in [0.2, 0.25) is 0 Å². The van der Waals surface area contributed by atoms with Crippen LogP contribution >= 0.6 is 23.4 Å². The third-order valence-corrected chi connectivity index (χ3v) is 3.89. The molecule has 0 atom stereocenters. The topological polar surface area (TPSA) is 66.8 Å². The number of benzene rings is 1. The summed E-state index contributed by atoms with van der Waals surface area (Å²) in [7, 11) is 1.40. The summed E-state index contributed by atoms with van der Waals surface area (Å²) in [5, 5.41) is 10.0. The lowest BCUT2D eigenvalue weighted by molar-refractivity contribution is -0.122. The zero-order valence-corrected chi connectivity index (χ0v) is 12.7. The van der Waals surface area contributed by atoms with Gasteiger partial charge in [0.1, 0.15) is 0 Å². The molecule has 1 heterocycles. The van der Waals surface area contributed by atoms with Crippen LogP contribution in [0.3, 0.4) is 0 Å². The number of phenols is 1. The lowest BCUT2D eigenvalue weighted by Gasteiger charge is -2.09. The summed E-state index contributed by atoms with van der Waals surface area (Å²) in [6, 6.07) is 2.94. The lowest BCUT2D eigenvalue weighted by Crippen LogP contribution is -2.27. The van der Waals surface area contributed by atoms with E-state index in [9.17, 15) is 14.7 Å². The van der Waals surface area contributed by atoms with Crippen LogP contribution in [0.4, 0.5) is 4.79 Å². The van der Waals surface area contributed by atoms with Gasteiger partial charge in [0.15, 0.2) is 11.5 Å². The van der Waals surface area contributed by atoms with Crippen molar-refractivity contribution in [3.8, 4) is 11.5 Å². The molecular formula is C14H12ClNO4S. The van der Waals surface area contributed by atoms with Crippen LogP contribution in [0.2, 0.25) is 5.02 Å². The number of carbonyl (C=O) groups is 2. The van der Waals surface area contributed by atoms with Crippen molar-refractivity contribution in [1.82, 2.24) is 4.90 Å². The minimum absolute atomic E-state index is 0.141. The Hall–Kier alpha value is -1.92. The SMILES string of the molecule is C=CCN1C(=O)S/C(=C\c2cc(Cl)cc(OC)c2O)C1=O. The van der Waals surface area contributed by atoms with Gasteiger partial charge in [0.05, 0.1) is 12.0 Å². The molecule has 1 aromatic rings. The van der Waals surface area contributed by atoms with Crippen LogP contribution in [-0.2, 0) is 4.79 Å². The molecule has 1 aliphatic heterocycles.